The van der Waals surface area contributed by atoms with Crippen molar-refractivity contribution in [2.45, 2.75) is 43.1 Å². The summed E-state index contributed by atoms with van der Waals surface area (Å²) >= 11 is 4.94. The molecule has 0 spiro atoms. The maximum Gasteiger partial charge on any atom is 0.412 e. The minimum atomic E-state index is -0.589. The summed E-state index contributed by atoms with van der Waals surface area (Å²) in [4.78, 5) is 40.4. The largest absolute Gasteiger partial charge is 0.444 e. The van der Waals surface area contributed by atoms with Crippen molar-refractivity contribution in [3.05, 3.63) is 101 Å². The molecule has 11 heteroatoms. The zero-order valence-electron chi connectivity index (χ0n) is 23.9. The summed E-state index contributed by atoms with van der Waals surface area (Å²) in [7, 11) is 0. The quantitative estimate of drug-likeness (QED) is 0.159. The molecular formula is C32H29BrN6O3S. The average Bonchev–Trinajstić information content (AvgIpc) is 2.94. The molecule has 0 aliphatic rings. The van der Waals surface area contributed by atoms with Gasteiger partial charge in [0.2, 0.25) is 0 Å². The second-order valence-corrected chi connectivity index (χ2v) is 12.6. The Morgan fingerprint density at radius 1 is 0.884 bits per heavy atom. The molecule has 0 aliphatic carbocycles. The van der Waals surface area contributed by atoms with Crippen LogP contribution in [0.25, 0.3) is 11.0 Å². The minimum Gasteiger partial charge on any atom is -0.444 e. The van der Waals surface area contributed by atoms with E-state index in [0.29, 0.717) is 34.1 Å². The first-order valence-corrected chi connectivity index (χ1v) is 15.0. The Morgan fingerprint density at radius 3 is 2.42 bits per heavy atom. The van der Waals surface area contributed by atoms with Gasteiger partial charge in [-0.05, 0) is 100 Å². The number of benzene rings is 3. The van der Waals surface area contributed by atoms with Crippen molar-refractivity contribution in [1.29, 1.82) is 0 Å². The molecule has 0 unspecified atom stereocenters. The second-order valence-electron chi connectivity index (χ2n) is 10.6. The van der Waals surface area contributed by atoms with Gasteiger partial charge in [0, 0.05) is 36.9 Å². The van der Waals surface area contributed by atoms with E-state index in [2.05, 4.69) is 46.8 Å². The van der Waals surface area contributed by atoms with Gasteiger partial charge in [0.05, 0.1) is 11.1 Å². The molecule has 43 heavy (non-hydrogen) atoms. The third-order valence-electron chi connectivity index (χ3n) is 5.94. The first-order valence-electron chi connectivity index (χ1n) is 13.4. The van der Waals surface area contributed by atoms with Gasteiger partial charge >= 0.3 is 6.09 Å². The zero-order valence-corrected chi connectivity index (χ0v) is 26.3. The van der Waals surface area contributed by atoms with Crippen LogP contribution in [0.1, 0.15) is 36.8 Å². The topological polar surface area (TPSA) is 118 Å². The number of rotatable bonds is 7. The monoisotopic (exact) mass is 656 g/mol. The van der Waals surface area contributed by atoms with Gasteiger partial charge in [0.25, 0.3) is 5.91 Å². The zero-order chi connectivity index (χ0) is 30.6. The Labute approximate surface area is 262 Å². The number of pyridine rings is 1. The molecule has 0 atom stereocenters. The molecule has 0 radical (unpaired) electrons. The summed E-state index contributed by atoms with van der Waals surface area (Å²) in [6, 6.07) is 24.1. The van der Waals surface area contributed by atoms with Gasteiger partial charge in [-0.15, -0.1) is 0 Å². The first-order chi connectivity index (χ1) is 20.5. The molecule has 0 saturated carbocycles. The molecule has 9 nitrogen and oxygen atoms in total. The Morgan fingerprint density at radius 2 is 1.67 bits per heavy atom. The van der Waals surface area contributed by atoms with Crippen LogP contribution in [0.3, 0.4) is 0 Å². The molecule has 5 rings (SSSR count). The molecule has 3 N–H and O–H groups in total. The van der Waals surface area contributed by atoms with Crippen LogP contribution < -0.4 is 16.0 Å². The number of aryl methyl sites for hydroxylation is 1. The third-order valence-corrected chi connectivity index (χ3v) is 7.52. The highest BCUT2D eigenvalue weighted by Crippen LogP contribution is 2.37. The summed E-state index contributed by atoms with van der Waals surface area (Å²) in [6.07, 6.45) is 0.947. The van der Waals surface area contributed by atoms with Crippen LogP contribution in [0, 0.1) is 6.92 Å². The number of anilines is 4. The summed E-state index contributed by atoms with van der Waals surface area (Å²) in [5, 5.41) is 9.86. The molecule has 0 bridgehead atoms. The number of carbonyl (C=O) groups is 2. The fourth-order valence-electron chi connectivity index (χ4n) is 4.05. The van der Waals surface area contributed by atoms with Gasteiger partial charge in [-0.1, -0.05) is 33.8 Å². The van der Waals surface area contributed by atoms with Crippen LogP contribution in [-0.4, -0.2) is 32.6 Å². The number of hydrogen-bond donors (Lipinski definition) is 3. The lowest BCUT2D eigenvalue weighted by Gasteiger charge is -2.19. The van der Waals surface area contributed by atoms with E-state index in [9.17, 15) is 9.59 Å². The van der Waals surface area contributed by atoms with Crippen molar-refractivity contribution in [3.8, 4) is 0 Å². The smallest absolute Gasteiger partial charge is 0.412 e. The molecule has 218 valence electrons. The van der Waals surface area contributed by atoms with Crippen molar-refractivity contribution in [2.24, 2.45) is 0 Å². The molecule has 0 saturated heterocycles. The first kappa shape index (κ1) is 30.0. The van der Waals surface area contributed by atoms with Crippen LogP contribution in [0.2, 0.25) is 0 Å². The number of aromatic nitrogens is 3. The second kappa shape index (κ2) is 12.8. The molecule has 3 aromatic carbocycles. The molecule has 2 amide bonds. The van der Waals surface area contributed by atoms with E-state index in [1.54, 1.807) is 12.1 Å². The summed E-state index contributed by atoms with van der Waals surface area (Å²) in [6.45, 7) is 7.35. The van der Waals surface area contributed by atoms with E-state index < -0.39 is 11.7 Å². The fourth-order valence-corrected chi connectivity index (χ4v) is 5.33. The third kappa shape index (κ3) is 8.08. The molecule has 2 aromatic heterocycles. The van der Waals surface area contributed by atoms with E-state index in [4.69, 9.17) is 4.74 Å². The maximum atomic E-state index is 13.2. The number of amides is 2. The van der Waals surface area contributed by atoms with E-state index in [-0.39, 0.29) is 5.91 Å². The van der Waals surface area contributed by atoms with Gasteiger partial charge < -0.3 is 15.4 Å². The highest BCUT2D eigenvalue weighted by Gasteiger charge is 2.17. The minimum absolute atomic E-state index is 0.250. The summed E-state index contributed by atoms with van der Waals surface area (Å²) in [5.74, 6) is 0.320. The molecule has 0 aliphatic heterocycles. The van der Waals surface area contributed by atoms with E-state index in [0.717, 1.165) is 25.3 Å². The van der Waals surface area contributed by atoms with Gasteiger partial charge in [0.1, 0.15) is 17.7 Å². The average molecular weight is 658 g/mol. The normalized spacial score (nSPS) is 11.2. The predicted molar refractivity (Wildman–Crippen MR) is 174 cm³/mol. The summed E-state index contributed by atoms with van der Waals surface area (Å²) < 4.78 is 6.20. The Hall–Kier alpha value is -4.48. The van der Waals surface area contributed by atoms with Crippen LogP contribution in [0.4, 0.5) is 27.7 Å². The number of ether oxygens (including phenoxy) is 1. The van der Waals surface area contributed by atoms with Crippen molar-refractivity contribution >= 4 is 73.6 Å². The van der Waals surface area contributed by atoms with Gasteiger partial charge in [-0.25, -0.2) is 19.7 Å². The Bertz CT molecular complexity index is 1810. The number of fused-ring (bicyclic) bond motifs is 1. The SMILES string of the molecule is Cc1ccc2c(Nc3cc(C(=O)Nc4cccc(Br)c4)ccc3Sc3ccc(NC(=O)OC(C)(C)C)cc3)ncnc2n1. The maximum absolute atomic E-state index is 13.2. The van der Waals surface area contributed by atoms with E-state index in [1.165, 1.54) is 18.1 Å². The fraction of sp³-hybridized carbons (Fsp3) is 0.156. The van der Waals surface area contributed by atoms with Crippen LogP contribution in [-0.2, 0) is 4.74 Å². The van der Waals surface area contributed by atoms with E-state index >= 15 is 0 Å². The number of nitrogens with one attached hydrogen (secondary N) is 3. The van der Waals surface area contributed by atoms with Crippen LogP contribution >= 0.6 is 27.7 Å². The number of carbonyl (C=O) groups excluding carboxylic acids is 2. The van der Waals surface area contributed by atoms with Crippen LogP contribution in [0.15, 0.2) is 99.5 Å². The van der Waals surface area contributed by atoms with Gasteiger partial charge in [0.15, 0.2) is 5.65 Å². The lowest BCUT2D eigenvalue weighted by molar-refractivity contribution is 0.0635. The lowest BCUT2D eigenvalue weighted by atomic mass is 10.1. The number of hydrogen-bond acceptors (Lipinski definition) is 8. The van der Waals surface area contributed by atoms with Crippen molar-refractivity contribution in [1.82, 2.24) is 15.0 Å². The lowest BCUT2D eigenvalue weighted by Crippen LogP contribution is -2.27. The number of nitrogens with zero attached hydrogens (tertiary/aromatic N) is 3. The van der Waals surface area contributed by atoms with Crippen molar-refractivity contribution in [2.75, 3.05) is 16.0 Å². The van der Waals surface area contributed by atoms with Crippen LogP contribution in [0.5, 0.6) is 0 Å². The predicted octanol–water partition coefficient (Wildman–Crippen LogP) is 8.59. The van der Waals surface area contributed by atoms with E-state index in [1.807, 2.05) is 94.4 Å². The summed E-state index contributed by atoms with van der Waals surface area (Å²) in [5.41, 5.74) is 3.28. The van der Waals surface area contributed by atoms with Crippen molar-refractivity contribution in [3.63, 3.8) is 0 Å². The molecule has 2 heterocycles. The highest BCUT2D eigenvalue weighted by molar-refractivity contribution is 9.10. The molecule has 5 aromatic rings. The molecule has 0 fully saturated rings. The van der Waals surface area contributed by atoms with Gasteiger partial charge in [-0.3, -0.25) is 10.1 Å². The molecular weight excluding hydrogens is 628 g/mol. The Balaban J connectivity index is 1.43. The number of halogens is 1. The van der Waals surface area contributed by atoms with Gasteiger partial charge in [-0.2, -0.15) is 0 Å². The van der Waals surface area contributed by atoms with Crippen molar-refractivity contribution < 1.29 is 14.3 Å². The highest BCUT2D eigenvalue weighted by atomic mass is 79.9. The Kier molecular flexibility index (Phi) is 8.93. The standard InChI is InChI=1S/C32H29BrN6O3S/c1-19-8-14-25-28(36-19)34-18-35-29(25)39-26-16-20(30(40)37-23-7-5-6-21(33)17-23)9-15-27(26)43-24-12-10-22(11-13-24)38-31(41)42-32(2,3)4/h5-18H,1-4H3,(H,37,40)(H,38,41)(H,34,35,36,39).